The summed E-state index contributed by atoms with van der Waals surface area (Å²) in [5.41, 5.74) is 8.29. The number of hydrogen-bond donors (Lipinski definition) is 3. The molecule has 3 unspecified atom stereocenters. The van der Waals surface area contributed by atoms with Crippen molar-refractivity contribution in [2.75, 3.05) is 18.9 Å². The molecule has 0 radical (unpaired) electrons. The highest BCUT2D eigenvalue weighted by Gasteiger charge is 2.33. The van der Waals surface area contributed by atoms with Gasteiger partial charge in [-0.05, 0) is 25.3 Å². The minimum atomic E-state index is -2.63. The smallest absolute Gasteiger partial charge is 0.344 e. The molecule has 12 heteroatoms. The summed E-state index contributed by atoms with van der Waals surface area (Å²) < 4.78 is 18.1. The summed E-state index contributed by atoms with van der Waals surface area (Å²) in [6.45, 7) is 5.77. The lowest BCUT2D eigenvalue weighted by Gasteiger charge is -2.20. The van der Waals surface area contributed by atoms with Gasteiger partial charge in [-0.25, -0.2) is 19.7 Å². The quantitative estimate of drug-likeness (QED) is 0.292. The van der Waals surface area contributed by atoms with Crippen LogP contribution >= 0.6 is 8.38 Å². The fraction of sp³-hybridized carbons (Fsp3) is 0.478. The van der Waals surface area contributed by atoms with Gasteiger partial charge in [0, 0.05) is 6.42 Å². The Morgan fingerprint density at radius 2 is 2.00 bits per heavy atom. The van der Waals surface area contributed by atoms with E-state index < -0.39 is 20.2 Å². The number of nitrogens with two attached hydrogens (primary N) is 1. The van der Waals surface area contributed by atoms with E-state index in [1.165, 1.54) is 0 Å². The predicted octanol–water partition coefficient (Wildman–Crippen LogP) is 2.91. The highest BCUT2D eigenvalue weighted by atomic mass is 31.2. The third kappa shape index (κ3) is 6.71. The SMILES string of the molecule is CC.CCOC(=O)C(OCC1CCC(n2cnc3c(N)nc(Cc4ccccc4)nc32)O1)P(O)O. The van der Waals surface area contributed by atoms with E-state index in [0.29, 0.717) is 42.1 Å². The Balaban J connectivity index is 0.00000167. The number of rotatable bonds is 9. The zero-order valence-corrected chi connectivity index (χ0v) is 21.0. The summed E-state index contributed by atoms with van der Waals surface area (Å²) in [4.78, 5) is 44.2. The summed E-state index contributed by atoms with van der Waals surface area (Å²) in [7, 11) is -2.63. The number of nitrogens with zero attached hydrogens (tertiary/aromatic N) is 4. The summed E-state index contributed by atoms with van der Waals surface area (Å²) >= 11 is 0. The number of carbonyl (C=O) groups is 1. The molecule has 3 heterocycles. The molecule has 0 spiro atoms. The highest BCUT2D eigenvalue weighted by Crippen LogP contribution is 2.35. The average Bonchev–Trinajstić information content (AvgIpc) is 3.48. The normalized spacial score (nSPS) is 18.3. The van der Waals surface area contributed by atoms with Crippen LogP contribution in [0.4, 0.5) is 5.82 Å². The van der Waals surface area contributed by atoms with Gasteiger partial charge in [0.2, 0.25) is 14.2 Å². The van der Waals surface area contributed by atoms with Crippen LogP contribution in [0, 0.1) is 0 Å². The van der Waals surface area contributed by atoms with Gasteiger partial charge in [-0.15, -0.1) is 0 Å². The van der Waals surface area contributed by atoms with Crippen molar-refractivity contribution in [3.63, 3.8) is 0 Å². The predicted molar refractivity (Wildman–Crippen MR) is 131 cm³/mol. The molecule has 1 fully saturated rings. The number of hydrogen-bond acceptors (Lipinski definition) is 10. The molecule has 11 nitrogen and oxygen atoms in total. The highest BCUT2D eigenvalue weighted by molar-refractivity contribution is 7.46. The van der Waals surface area contributed by atoms with E-state index in [1.807, 2.05) is 48.7 Å². The second-order valence-electron chi connectivity index (χ2n) is 7.56. The van der Waals surface area contributed by atoms with Crippen molar-refractivity contribution in [3.05, 3.63) is 48.0 Å². The molecule has 3 atom stereocenters. The molecular formula is C23H32N5O6P. The van der Waals surface area contributed by atoms with Crippen LogP contribution in [0.2, 0.25) is 0 Å². The molecule has 0 bridgehead atoms. The fourth-order valence-electron chi connectivity index (χ4n) is 3.71. The van der Waals surface area contributed by atoms with E-state index in [1.54, 1.807) is 13.3 Å². The molecule has 35 heavy (non-hydrogen) atoms. The molecule has 0 aliphatic carbocycles. The van der Waals surface area contributed by atoms with Crippen LogP contribution in [0.1, 0.15) is 51.2 Å². The molecule has 190 valence electrons. The number of nitrogen functional groups attached to an aromatic ring is 1. The lowest BCUT2D eigenvalue weighted by molar-refractivity contribution is -0.153. The van der Waals surface area contributed by atoms with Crippen LogP contribution < -0.4 is 5.73 Å². The Bertz CT molecular complexity index is 1100. The van der Waals surface area contributed by atoms with E-state index in [0.717, 1.165) is 5.56 Å². The first-order valence-electron chi connectivity index (χ1n) is 11.6. The van der Waals surface area contributed by atoms with Gasteiger partial charge in [-0.2, -0.15) is 0 Å². The number of anilines is 1. The number of esters is 1. The van der Waals surface area contributed by atoms with Gasteiger partial charge in [0.25, 0.3) is 0 Å². The van der Waals surface area contributed by atoms with Gasteiger partial charge < -0.3 is 29.7 Å². The Morgan fingerprint density at radius 3 is 2.69 bits per heavy atom. The third-order valence-corrected chi connectivity index (χ3v) is 6.01. The second kappa shape index (κ2) is 12.9. The molecule has 0 amide bonds. The van der Waals surface area contributed by atoms with Gasteiger partial charge >= 0.3 is 5.97 Å². The van der Waals surface area contributed by atoms with Crippen molar-refractivity contribution in [1.29, 1.82) is 0 Å². The van der Waals surface area contributed by atoms with Crippen LogP contribution in [0.15, 0.2) is 36.7 Å². The molecule has 1 aromatic carbocycles. The van der Waals surface area contributed by atoms with E-state index in [4.69, 9.17) is 19.9 Å². The largest absolute Gasteiger partial charge is 0.464 e. The fourth-order valence-corrected chi connectivity index (χ4v) is 4.19. The Hall–Kier alpha value is -2.69. The Labute approximate surface area is 205 Å². The summed E-state index contributed by atoms with van der Waals surface area (Å²) in [5.74, 6) is -1.34. The molecule has 4 rings (SSSR count). The summed E-state index contributed by atoms with van der Waals surface area (Å²) in [6, 6.07) is 9.87. The van der Waals surface area contributed by atoms with Gasteiger partial charge in [0.1, 0.15) is 17.6 Å². The molecule has 1 aliphatic heterocycles. The molecular weight excluding hydrogens is 473 g/mol. The molecule has 3 aromatic rings. The molecule has 1 aliphatic rings. The molecule has 4 N–H and O–H groups in total. The zero-order valence-electron chi connectivity index (χ0n) is 20.1. The van der Waals surface area contributed by atoms with Crippen molar-refractivity contribution < 1.29 is 28.8 Å². The number of benzene rings is 1. The average molecular weight is 506 g/mol. The Morgan fingerprint density at radius 1 is 1.26 bits per heavy atom. The van der Waals surface area contributed by atoms with Crippen molar-refractivity contribution in [3.8, 4) is 0 Å². The monoisotopic (exact) mass is 505 g/mol. The van der Waals surface area contributed by atoms with Gasteiger partial charge in [0.05, 0.1) is 25.6 Å². The minimum absolute atomic E-state index is 0.0168. The maximum atomic E-state index is 11.9. The van der Waals surface area contributed by atoms with Crippen LogP contribution in [-0.4, -0.2) is 60.4 Å². The lowest BCUT2D eigenvalue weighted by Crippen LogP contribution is -2.29. The van der Waals surface area contributed by atoms with Crippen molar-refractivity contribution in [2.45, 2.75) is 58.2 Å². The lowest BCUT2D eigenvalue weighted by atomic mass is 10.1. The number of carbonyl (C=O) groups excluding carboxylic acids is 1. The van der Waals surface area contributed by atoms with Crippen molar-refractivity contribution in [1.82, 2.24) is 19.5 Å². The maximum absolute atomic E-state index is 11.9. The molecule has 1 saturated heterocycles. The van der Waals surface area contributed by atoms with E-state index in [9.17, 15) is 14.6 Å². The van der Waals surface area contributed by atoms with Gasteiger partial charge in [-0.1, -0.05) is 44.2 Å². The van der Waals surface area contributed by atoms with Crippen LogP contribution in [0.25, 0.3) is 11.2 Å². The number of ether oxygens (including phenoxy) is 3. The zero-order chi connectivity index (χ0) is 25.4. The van der Waals surface area contributed by atoms with Gasteiger partial charge in [-0.3, -0.25) is 4.57 Å². The van der Waals surface area contributed by atoms with E-state index >= 15 is 0 Å². The summed E-state index contributed by atoms with van der Waals surface area (Å²) in [5, 5.41) is 0. The second-order valence-corrected chi connectivity index (χ2v) is 8.67. The maximum Gasteiger partial charge on any atom is 0.344 e. The van der Waals surface area contributed by atoms with Crippen LogP contribution in [-0.2, 0) is 25.4 Å². The minimum Gasteiger partial charge on any atom is -0.464 e. The standard InChI is InChI=1S/C21H26N5O6P.C2H6/c1-2-30-20(27)21(33(28)29)31-11-14-8-9-16(32-14)26-12-23-17-18(22)24-15(25-19(17)26)10-13-6-4-3-5-7-13;1-2/h3-7,12,14,16,21,28-29H,2,8-11H2,1H3,(H2,22,24,25);1-2H3. The van der Waals surface area contributed by atoms with Crippen molar-refractivity contribution >= 4 is 31.3 Å². The van der Waals surface area contributed by atoms with Crippen LogP contribution in [0.3, 0.4) is 0 Å². The first-order valence-corrected chi connectivity index (χ1v) is 12.9. The number of fused-ring (bicyclic) bond motifs is 1. The third-order valence-electron chi connectivity index (χ3n) is 5.23. The first kappa shape index (κ1) is 26.9. The molecule has 2 aromatic heterocycles. The number of aromatic nitrogens is 4. The Kier molecular flexibility index (Phi) is 9.88. The summed E-state index contributed by atoms with van der Waals surface area (Å²) in [6.07, 6.45) is 2.77. The van der Waals surface area contributed by atoms with E-state index in [-0.39, 0.29) is 25.5 Å². The van der Waals surface area contributed by atoms with Gasteiger partial charge in [0.15, 0.2) is 11.5 Å². The van der Waals surface area contributed by atoms with Crippen molar-refractivity contribution in [2.24, 2.45) is 0 Å². The molecule has 0 saturated carbocycles. The first-order chi connectivity index (χ1) is 17.0. The number of imidazole rings is 1. The van der Waals surface area contributed by atoms with Crippen LogP contribution in [0.5, 0.6) is 0 Å². The van der Waals surface area contributed by atoms with E-state index in [2.05, 4.69) is 15.0 Å². The topological polar surface area (TPSA) is 155 Å².